The molecule has 1 unspecified atom stereocenters. The van der Waals surface area contributed by atoms with Gasteiger partial charge in [0.25, 0.3) is 0 Å². The molecular weight excluding hydrogens is 291 g/mol. The molecule has 0 N–H and O–H groups in total. The maximum atomic E-state index is 14.7. The highest BCUT2D eigenvalue weighted by atomic mass is 19.1. The second-order valence-corrected chi connectivity index (χ2v) is 6.20. The maximum absolute atomic E-state index is 14.7. The fourth-order valence-corrected chi connectivity index (χ4v) is 2.90. The van der Waals surface area contributed by atoms with E-state index in [-0.39, 0.29) is 0 Å². The second-order valence-electron chi connectivity index (χ2n) is 6.20. The lowest BCUT2D eigenvalue weighted by Crippen LogP contribution is -2.32. The van der Waals surface area contributed by atoms with Crippen molar-refractivity contribution in [2.75, 3.05) is 0 Å². The van der Waals surface area contributed by atoms with Gasteiger partial charge in [-0.2, -0.15) is 0 Å². The van der Waals surface area contributed by atoms with Crippen LogP contribution < -0.4 is 0 Å². The fraction of sp³-hybridized carbons (Fsp3) is 0.222. The Balaban J connectivity index is 1.95. The molecule has 0 amide bonds. The molecule has 5 heteroatoms. The molecule has 0 bridgehead atoms. The molecular formula is C18H15FN4. The number of hydrogen-bond donors (Lipinski definition) is 0. The number of hydrogen-bond acceptors (Lipinski definition) is 4. The van der Waals surface area contributed by atoms with Gasteiger partial charge in [0.1, 0.15) is 11.2 Å². The van der Waals surface area contributed by atoms with Gasteiger partial charge in [0, 0.05) is 11.8 Å². The normalized spacial score (nSPS) is 19.3. The van der Waals surface area contributed by atoms with Crippen molar-refractivity contribution in [3.05, 3.63) is 65.5 Å². The molecule has 114 valence electrons. The first-order valence-corrected chi connectivity index (χ1v) is 7.48. The van der Waals surface area contributed by atoms with Crippen molar-refractivity contribution in [1.82, 2.24) is 15.2 Å². The van der Waals surface area contributed by atoms with Crippen LogP contribution in [0.25, 0.3) is 11.0 Å². The Kier molecular flexibility index (Phi) is 2.98. The summed E-state index contributed by atoms with van der Waals surface area (Å²) in [6.07, 6.45) is 0.570. The van der Waals surface area contributed by atoms with E-state index in [9.17, 15) is 4.39 Å². The van der Waals surface area contributed by atoms with E-state index in [0.29, 0.717) is 17.0 Å². The molecule has 3 heterocycles. The molecule has 2 aromatic heterocycles. The molecule has 23 heavy (non-hydrogen) atoms. The minimum atomic E-state index is -1.14. The molecule has 0 radical (unpaired) electrons. The third-order valence-corrected chi connectivity index (χ3v) is 4.11. The van der Waals surface area contributed by atoms with E-state index in [1.54, 1.807) is 20.0 Å². The van der Waals surface area contributed by atoms with E-state index in [4.69, 9.17) is 0 Å². The molecule has 0 saturated carbocycles. The topological polar surface area (TPSA) is 51.0 Å². The standard InChI is InChI=1S/C18H15FN4/c1-18(2)17(19)12-7-4-3-6-11(12)16(21-18)15-10-14-13(22-23-15)8-5-9-20-14/h3-10,17H,1-2H3. The molecule has 0 aliphatic carbocycles. The van der Waals surface area contributed by atoms with Crippen molar-refractivity contribution in [3.63, 3.8) is 0 Å². The average Bonchev–Trinajstić information content (AvgIpc) is 2.58. The third-order valence-electron chi connectivity index (χ3n) is 4.11. The van der Waals surface area contributed by atoms with Crippen molar-refractivity contribution < 1.29 is 4.39 Å². The van der Waals surface area contributed by atoms with Crippen LogP contribution in [-0.2, 0) is 0 Å². The van der Waals surface area contributed by atoms with E-state index < -0.39 is 11.7 Å². The number of fused-ring (bicyclic) bond motifs is 2. The molecule has 4 rings (SSSR count). The van der Waals surface area contributed by atoms with Gasteiger partial charge in [-0.1, -0.05) is 24.3 Å². The van der Waals surface area contributed by atoms with Gasteiger partial charge in [-0.3, -0.25) is 9.98 Å². The summed E-state index contributed by atoms with van der Waals surface area (Å²) in [5, 5.41) is 8.49. The zero-order valence-electron chi connectivity index (χ0n) is 12.9. The van der Waals surface area contributed by atoms with Crippen molar-refractivity contribution in [3.8, 4) is 0 Å². The van der Waals surface area contributed by atoms with Gasteiger partial charge >= 0.3 is 0 Å². The molecule has 1 atom stereocenters. The molecule has 4 nitrogen and oxygen atoms in total. The Bertz CT molecular complexity index is 933. The van der Waals surface area contributed by atoms with Crippen molar-refractivity contribution in [2.24, 2.45) is 4.99 Å². The first-order chi connectivity index (χ1) is 11.1. The lowest BCUT2D eigenvalue weighted by molar-refractivity contribution is 0.221. The summed E-state index contributed by atoms with van der Waals surface area (Å²) in [6.45, 7) is 3.58. The maximum Gasteiger partial charge on any atom is 0.150 e. The van der Waals surface area contributed by atoms with E-state index in [1.807, 2.05) is 42.5 Å². The van der Waals surface area contributed by atoms with Gasteiger partial charge in [-0.15, -0.1) is 10.2 Å². The Labute approximate surface area is 133 Å². The molecule has 0 spiro atoms. The first-order valence-electron chi connectivity index (χ1n) is 7.48. The number of aromatic nitrogens is 3. The number of alkyl halides is 1. The summed E-state index contributed by atoms with van der Waals surface area (Å²) >= 11 is 0. The summed E-state index contributed by atoms with van der Waals surface area (Å²) in [6, 6.07) is 12.9. The first kappa shape index (κ1) is 13.9. The lowest BCUT2D eigenvalue weighted by Gasteiger charge is -2.32. The molecule has 1 aliphatic heterocycles. The van der Waals surface area contributed by atoms with Crippen molar-refractivity contribution in [1.29, 1.82) is 0 Å². The average molecular weight is 306 g/mol. The summed E-state index contributed by atoms with van der Waals surface area (Å²) in [7, 11) is 0. The monoisotopic (exact) mass is 306 g/mol. The predicted octanol–water partition coefficient (Wildman–Crippen LogP) is 3.67. The van der Waals surface area contributed by atoms with Gasteiger partial charge < -0.3 is 0 Å². The number of rotatable bonds is 1. The molecule has 3 aromatic rings. The molecule has 0 saturated heterocycles. The summed E-state index contributed by atoms with van der Waals surface area (Å²) in [4.78, 5) is 8.94. The Morgan fingerprint density at radius 1 is 1.00 bits per heavy atom. The largest absolute Gasteiger partial charge is 0.273 e. The van der Waals surface area contributed by atoms with Gasteiger partial charge in [0.2, 0.25) is 0 Å². The smallest absolute Gasteiger partial charge is 0.150 e. The summed E-state index contributed by atoms with van der Waals surface area (Å²) in [5.74, 6) is 0. The minimum Gasteiger partial charge on any atom is -0.273 e. The van der Waals surface area contributed by atoms with E-state index in [2.05, 4.69) is 20.2 Å². The highest BCUT2D eigenvalue weighted by Crippen LogP contribution is 2.39. The number of pyridine rings is 1. The number of halogens is 1. The Hall–Kier alpha value is -2.69. The zero-order chi connectivity index (χ0) is 16.0. The van der Waals surface area contributed by atoms with Crippen LogP contribution in [0.4, 0.5) is 4.39 Å². The third kappa shape index (κ3) is 2.20. The van der Waals surface area contributed by atoms with E-state index >= 15 is 0 Å². The number of aliphatic imine (C=N–C) groups is 1. The van der Waals surface area contributed by atoms with Crippen LogP contribution in [0.5, 0.6) is 0 Å². The van der Waals surface area contributed by atoms with Crippen LogP contribution >= 0.6 is 0 Å². The van der Waals surface area contributed by atoms with Gasteiger partial charge in [-0.25, -0.2) is 4.39 Å². The Morgan fingerprint density at radius 2 is 1.83 bits per heavy atom. The van der Waals surface area contributed by atoms with Crippen LogP contribution in [0.2, 0.25) is 0 Å². The lowest BCUT2D eigenvalue weighted by atomic mass is 9.84. The van der Waals surface area contributed by atoms with Crippen LogP contribution in [-0.4, -0.2) is 26.4 Å². The summed E-state index contributed by atoms with van der Waals surface area (Å²) < 4.78 is 14.7. The van der Waals surface area contributed by atoms with Gasteiger partial charge in [0.15, 0.2) is 6.17 Å². The second kappa shape index (κ2) is 4.91. The molecule has 0 fully saturated rings. The van der Waals surface area contributed by atoms with Crippen LogP contribution in [0.15, 0.2) is 53.7 Å². The number of nitrogens with zero attached hydrogens (tertiary/aromatic N) is 4. The molecule has 1 aromatic carbocycles. The van der Waals surface area contributed by atoms with Crippen LogP contribution in [0.3, 0.4) is 0 Å². The zero-order valence-corrected chi connectivity index (χ0v) is 12.9. The van der Waals surface area contributed by atoms with Crippen molar-refractivity contribution >= 4 is 16.7 Å². The van der Waals surface area contributed by atoms with Gasteiger partial charge in [0.05, 0.1) is 16.8 Å². The quantitative estimate of drug-likeness (QED) is 0.689. The fourth-order valence-electron chi connectivity index (χ4n) is 2.90. The van der Waals surface area contributed by atoms with Crippen molar-refractivity contribution in [2.45, 2.75) is 25.6 Å². The Morgan fingerprint density at radius 3 is 2.70 bits per heavy atom. The summed E-state index contributed by atoms with van der Waals surface area (Å²) in [5.41, 5.74) is 3.32. The number of benzene rings is 1. The minimum absolute atomic E-state index is 0.614. The van der Waals surface area contributed by atoms with E-state index in [1.165, 1.54) is 0 Å². The van der Waals surface area contributed by atoms with Crippen LogP contribution in [0, 0.1) is 0 Å². The molecule has 1 aliphatic rings. The van der Waals surface area contributed by atoms with Gasteiger partial charge in [-0.05, 0) is 37.6 Å². The predicted molar refractivity (Wildman–Crippen MR) is 87.3 cm³/mol. The van der Waals surface area contributed by atoms with Crippen LogP contribution in [0.1, 0.15) is 36.8 Å². The van der Waals surface area contributed by atoms with E-state index in [0.717, 1.165) is 16.6 Å². The highest BCUT2D eigenvalue weighted by Gasteiger charge is 2.37. The highest BCUT2D eigenvalue weighted by molar-refractivity contribution is 6.14. The SMILES string of the molecule is CC1(C)N=C(c2cc3ncccc3nn2)c2ccccc2C1F.